The highest BCUT2D eigenvalue weighted by Gasteiger charge is 2.28. The van der Waals surface area contributed by atoms with Crippen molar-refractivity contribution in [2.75, 3.05) is 0 Å². The maximum Gasteiger partial charge on any atom is 0.0672 e. The molecule has 0 radical (unpaired) electrons. The summed E-state index contributed by atoms with van der Waals surface area (Å²) < 4.78 is 0. The van der Waals surface area contributed by atoms with Gasteiger partial charge < -0.3 is 10.2 Å². The molecular weight excluding hydrogens is 152 g/mol. The van der Waals surface area contributed by atoms with Gasteiger partial charge in [-0.05, 0) is 19.8 Å². The van der Waals surface area contributed by atoms with Crippen LogP contribution in [-0.2, 0) is 0 Å². The van der Waals surface area contributed by atoms with Crippen LogP contribution in [0.5, 0.6) is 0 Å². The summed E-state index contributed by atoms with van der Waals surface area (Å²) in [6.07, 6.45) is 6.63. The highest BCUT2D eigenvalue weighted by molar-refractivity contribution is 4.82. The molecule has 1 saturated carbocycles. The minimum atomic E-state index is -0.565. The van der Waals surface area contributed by atoms with Crippen LogP contribution in [0.4, 0.5) is 0 Å². The number of aliphatic hydroxyl groups is 2. The van der Waals surface area contributed by atoms with Crippen molar-refractivity contribution < 1.29 is 10.2 Å². The molecular formula is C10H20O2. The number of hydrogen-bond acceptors (Lipinski definition) is 2. The topological polar surface area (TPSA) is 40.5 Å². The van der Waals surface area contributed by atoms with Gasteiger partial charge in [-0.2, -0.15) is 0 Å². The number of hydrogen-bond donors (Lipinski definition) is 2. The zero-order chi connectivity index (χ0) is 9.03. The SMILES string of the molecule is CC(O)CC1(O)CCCCCC1. The summed E-state index contributed by atoms with van der Waals surface area (Å²) in [4.78, 5) is 0. The van der Waals surface area contributed by atoms with E-state index in [0.29, 0.717) is 6.42 Å². The smallest absolute Gasteiger partial charge is 0.0672 e. The Hall–Kier alpha value is -0.0800. The van der Waals surface area contributed by atoms with Crippen LogP contribution in [0.1, 0.15) is 51.9 Å². The van der Waals surface area contributed by atoms with E-state index in [4.69, 9.17) is 0 Å². The van der Waals surface area contributed by atoms with E-state index in [2.05, 4.69) is 0 Å². The molecule has 0 aromatic rings. The fourth-order valence-electron chi connectivity index (χ4n) is 2.14. The standard InChI is InChI=1S/C10H20O2/c1-9(11)8-10(12)6-4-2-3-5-7-10/h9,11-12H,2-8H2,1H3. The average Bonchev–Trinajstić information content (AvgIpc) is 2.12. The summed E-state index contributed by atoms with van der Waals surface area (Å²) in [5, 5.41) is 19.3. The molecule has 1 atom stereocenters. The highest BCUT2D eigenvalue weighted by Crippen LogP contribution is 2.30. The van der Waals surface area contributed by atoms with Crippen molar-refractivity contribution in [3.05, 3.63) is 0 Å². The number of rotatable bonds is 2. The second-order valence-corrected chi connectivity index (χ2v) is 4.19. The van der Waals surface area contributed by atoms with Crippen LogP contribution in [0.15, 0.2) is 0 Å². The van der Waals surface area contributed by atoms with Crippen LogP contribution in [0.2, 0.25) is 0 Å². The third-order valence-electron chi connectivity index (χ3n) is 2.71. The van der Waals surface area contributed by atoms with Gasteiger partial charge >= 0.3 is 0 Å². The molecule has 1 fully saturated rings. The summed E-state index contributed by atoms with van der Waals surface area (Å²) in [5.74, 6) is 0. The van der Waals surface area contributed by atoms with Gasteiger partial charge in [-0.1, -0.05) is 25.7 Å². The first-order chi connectivity index (χ1) is 5.62. The van der Waals surface area contributed by atoms with Gasteiger partial charge in [0.1, 0.15) is 0 Å². The van der Waals surface area contributed by atoms with Gasteiger partial charge in [0.15, 0.2) is 0 Å². The van der Waals surface area contributed by atoms with Crippen LogP contribution in [-0.4, -0.2) is 21.9 Å². The molecule has 72 valence electrons. The van der Waals surface area contributed by atoms with Crippen molar-refractivity contribution in [3.63, 3.8) is 0 Å². The van der Waals surface area contributed by atoms with Crippen molar-refractivity contribution in [2.24, 2.45) is 0 Å². The lowest BCUT2D eigenvalue weighted by molar-refractivity contribution is -0.0176. The Morgan fingerprint density at radius 3 is 2.08 bits per heavy atom. The molecule has 0 aromatic carbocycles. The lowest BCUT2D eigenvalue weighted by Crippen LogP contribution is -2.31. The Labute approximate surface area is 74.6 Å². The third kappa shape index (κ3) is 3.11. The monoisotopic (exact) mass is 172 g/mol. The fourth-order valence-corrected chi connectivity index (χ4v) is 2.14. The molecule has 0 spiro atoms. The number of aliphatic hydroxyl groups excluding tert-OH is 1. The Balaban J connectivity index is 2.42. The lowest BCUT2D eigenvalue weighted by atomic mass is 9.89. The van der Waals surface area contributed by atoms with E-state index in [0.717, 1.165) is 25.7 Å². The molecule has 1 unspecified atom stereocenters. The van der Waals surface area contributed by atoms with E-state index >= 15 is 0 Å². The van der Waals surface area contributed by atoms with Crippen LogP contribution in [0, 0.1) is 0 Å². The Bertz CT molecular complexity index is 124. The largest absolute Gasteiger partial charge is 0.393 e. The highest BCUT2D eigenvalue weighted by atomic mass is 16.3. The predicted octanol–water partition coefficient (Wildman–Crippen LogP) is 1.84. The zero-order valence-electron chi connectivity index (χ0n) is 7.92. The normalized spacial score (nSPS) is 26.2. The molecule has 1 rings (SSSR count). The second-order valence-electron chi connectivity index (χ2n) is 4.19. The predicted molar refractivity (Wildman–Crippen MR) is 48.9 cm³/mol. The summed E-state index contributed by atoms with van der Waals surface area (Å²) in [5.41, 5.74) is -0.565. The molecule has 0 amide bonds. The van der Waals surface area contributed by atoms with Gasteiger partial charge in [-0.3, -0.25) is 0 Å². The first-order valence-electron chi connectivity index (χ1n) is 5.03. The maximum absolute atomic E-state index is 10.1. The van der Waals surface area contributed by atoms with E-state index in [9.17, 15) is 10.2 Å². The first-order valence-corrected chi connectivity index (χ1v) is 5.03. The van der Waals surface area contributed by atoms with E-state index in [1.165, 1.54) is 12.8 Å². The van der Waals surface area contributed by atoms with E-state index in [1.807, 2.05) is 0 Å². The van der Waals surface area contributed by atoms with Crippen molar-refractivity contribution in [1.29, 1.82) is 0 Å². The molecule has 0 aromatic heterocycles. The molecule has 1 aliphatic rings. The molecule has 2 nitrogen and oxygen atoms in total. The van der Waals surface area contributed by atoms with Gasteiger partial charge in [-0.25, -0.2) is 0 Å². The molecule has 0 heterocycles. The zero-order valence-corrected chi connectivity index (χ0v) is 7.92. The summed E-state index contributed by atoms with van der Waals surface area (Å²) in [7, 11) is 0. The second kappa shape index (κ2) is 4.24. The average molecular weight is 172 g/mol. The van der Waals surface area contributed by atoms with Crippen LogP contribution in [0.3, 0.4) is 0 Å². The summed E-state index contributed by atoms with van der Waals surface area (Å²) in [6.45, 7) is 1.75. The van der Waals surface area contributed by atoms with Crippen LogP contribution in [0.25, 0.3) is 0 Å². The molecule has 2 heteroatoms. The van der Waals surface area contributed by atoms with Crippen molar-refractivity contribution in [1.82, 2.24) is 0 Å². The van der Waals surface area contributed by atoms with E-state index < -0.39 is 5.60 Å². The molecule has 1 aliphatic carbocycles. The van der Waals surface area contributed by atoms with Crippen molar-refractivity contribution in [2.45, 2.75) is 63.6 Å². The van der Waals surface area contributed by atoms with Crippen molar-refractivity contribution in [3.8, 4) is 0 Å². The van der Waals surface area contributed by atoms with Gasteiger partial charge in [0.05, 0.1) is 11.7 Å². The molecule has 12 heavy (non-hydrogen) atoms. The fraction of sp³-hybridized carbons (Fsp3) is 1.00. The summed E-state index contributed by atoms with van der Waals surface area (Å²) >= 11 is 0. The molecule has 0 bridgehead atoms. The first kappa shape index (κ1) is 10.0. The Morgan fingerprint density at radius 2 is 1.67 bits per heavy atom. The van der Waals surface area contributed by atoms with Crippen molar-refractivity contribution >= 4 is 0 Å². The maximum atomic E-state index is 10.1. The minimum absolute atomic E-state index is 0.368. The minimum Gasteiger partial charge on any atom is -0.393 e. The van der Waals surface area contributed by atoms with E-state index in [1.54, 1.807) is 6.92 Å². The van der Waals surface area contributed by atoms with Gasteiger partial charge in [0.25, 0.3) is 0 Å². The third-order valence-corrected chi connectivity index (χ3v) is 2.71. The van der Waals surface area contributed by atoms with Gasteiger partial charge in [-0.15, -0.1) is 0 Å². The van der Waals surface area contributed by atoms with E-state index in [-0.39, 0.29) is 6.10 Å². The van der Waals surface area contributed by atoms with Gasteiger partial charge in [0.2, 0.25) is 0 Å². The van der Waals surface area contributed by atoms with Crippen LogP contribution < -0.4 is 0 Å². The summed E-state index contributed by atoms with van der Waals surface area (Å²) in [6, 6.07) is 0. The lowest BCUT2D eigenvalue weighted by Gasteiger charge is -2.27. The Morgan fingerprint density at radius 1 is 1.17 bits per heavy atom. The Kier molecular flexibility index (Phi) is 3.53. The molecule has 0 saturated heterocycles. The quantitative estimate of drug-likeness (QED) is 0.624. The molecule has 0 aliphatic heterocycles. The van der Waals surface area contributed by atoms with Gasteiger partial charge in [0, 0.05) is 6.42 Å². The van der Waals surface area contributed by atoms with Crippen LogP contribution >= 0.6 is 0 Å². The molecule has 2 N–H and O–H groups in total.